The lowest BCUT2D eigenvalue weighted by Gasteiger charge is -2.30. The van der Waals surface area contributed by atoms with Gasteiger partial charge in [-0.3, -0.25) is 14.4 Å². The highest BCUT2D eigenvalue weighted by Gasteiger charge is 2.30. The van der Waals surface area contributed by atoms with Crippen molar-refractivity contribution < 1.29 is 19.1 Å². The molecule has 3 aromatic carbocycles. The van der Waals surface area contributed by atoms with Crippen LogP contribution in [0, 0.1) is 0 Å². The maximum Gasteiger partial charge on any atom is 0.327 e. The van der Waals surface area contributed by atoms with Crippen LogP contribution in [-0.2, 0) is 25.6 Å². The number of benzene rings is 3. The first-order valence-corrected chi connectivity index (χ1v) is 11.2. The Labute approximate surface area is 196 Å². The molecule has 34 heavy (non-hydrogen) atoms. The summed E-state index contributed by atoms with van der Waals surface area (Å²) in [6.07, 6.45) is -1.05. The topological polar surface area (TPSA) is 77.8 Å². The highest BCUT2D eigenvalue weighted by molar-refractivity contribution is 5.94. The lowest BCUT2D eigenvalue weighted by molar-refractivity contribution is -0.163. The number of esters is 1. The van der Waals surface area contributed by atoms with Gasteiger partial charge in [0.05, 0.1) is 24.2 Å². The smallest absolute Gasteiger partial charge is 0.327 e. The summed E-state index contributed by atoms with van der Waals surface area (Å²) in [6, 6.07) is 23.4. The second kappa shape index (κ2) is 9.49. The van der Waals surface area contributed by atoms with Crippen LogP contribution in [0.4, 0.5) is 0 Å². The van der Waals surface area contributed by atoms with Gasteiger partial charge < -0.3 is 18.9 Å². The summed E-state index contributed by atoms with van der Waals surface area (Å²) in [5.74, 6) is -0.827. The van der Waals surface area contributed by atoms with Crippen molar-refractivity contribution in [2.45, 2.75) is 12.6 Å². The van der Waals surface area contributed by atoms with Crippen LogP contribution >= 0.6 is 0 Å². The number of fused-ring (bicyclic) bond motifs is 2. The number of carbonyl (C=O) groups is 2. The van der Waals surface area contributed by atoms with Gasteiger partial charge in [0.1, 0.15) is 6.54 Å². The lowest BCUT2D eigenvalue weighted by atomic mass is 10.1. The Morgan fingerprint density at radius 2 is 1.38 bits per heavy atom. The first-order chi connectivity index (χ1) is 16.6. The van der Waals surface area contributed by atoms with Crippen LogP contribution in [0.15, 0.2) is 83.7 Å². The molecule has 1 saturated heterocycles. The van der Waals surface area contributed by atoms with E-state index >= 15 is 0 Å². The summed E-state index contributed by atoms with van der Waals surface area (Å²) in [6.45, 7) is 1.68. The number of ether oxygens (including phenoxy) is 2. The van der Waals surface area contributed by atoms with Crippen molar-refractivity contribution in [1.29, 1.82) is 0 Å². The van der Waals surface area contributed by atoms with E-state index in [0.29, 0.717) is 53.7 Å². The largest absolute Gasteiger partial charge is 0.446 e. The second-order valence-electron chi connectivity index (χ2n) is 8.17. The quantitative estimate of drug-likeness (QED) is 0.340. The molecule has 0 bridgehead atoms. The van der Waals surface area contributed by atoms with Gasteiger partial charge in [0.25, 0.3) is 5.91 Å². The summed E-state index contributed by atoms with van der Waals surface area (Å²) < 4.78 is 12.9. The van der Waals surface area contributed by atoms with Gasteiger partial charge in [0, 0.05) is 29.4 Å². The van der Waals surface area contributed by atoms with Gasteiger partial charge in [0.2, 0.25) is 6.10 Å². The normalized spacial score (nSPS) is 14.8. The molecule has 0 aliphatic carbocycles. The Kier molecular flexibility index (Phi) is 6.10. The third kappa shape index (κ3) is 4.18. The van der Waals surface area contributed by atoms with Crippen LogP contribution < -0.4 is 5.43 Å². The van der Waals surface area contributed by atoms with Gasteiger partial charge >= 0.3 is 5.97 Å². The SMILES string of the molecule is O=C(Cn1c2ccccc2c(=O)c2ccccc21)OC(C(=O)N1CCOCC1)c1ccccc1. The number of morpholine rings is 1. The van der Waals surface area contributed by atoms with Crippen LogP contribution in [0.3, 0.4) is 0 Å². The summed E-state index contributed by atoms with van der Waals surface area (Å²) in [7, 11) is 0. The van der Waals surface area contributed by atoms with Gasteiger partial charge in [-0.25, -0.2) is 0 Å². The minimum absolute atomic E-state index is 0.0829. The molecule has 0 spiro atoms. The fourth-order valence-electron chi connectivity index (χ4n) is 4.38. The number of hydrogen-bond donors (Lipinski definition) is 0. The van der Waals surface area contributed by atoms with Gasteiger partial charge in [-0.2, -0.15) is 0 Å². The number of carbonyl (C=O) groups excluding carboxylic acids is 2. The molecular formula is C27H24N2O5. The molecule has 172 valence electrons. The summed E-state index contributed by atoms with van der Waals surface area (Å²) in [5, 5.41) is 1.05. The molecule has 1 amide bonds. The van der Waals surface area contributed by atoms with Crippen LogP contribution in [0.5, 0.6) is 0 Å². The summed E-state index contributed by atoms with van der Waals surface area (Å²) in [5.41, 5.74) is 1.81. The third-order valence-electron chi connectivity index (χ3n) is 6.06. The molecule has 0 radical (unpaired) electrons. The summed E-state index contributed by atoms with van der Waals surface area (Å²) in [4.78, 5) is 41.2. The molecule has 1 aromatic heterocycles. The third-order valence-corrected chi connectivity index (χ3v) is 6.06. The molecule has 0 N–H and O–H groups in total. The zero-order chi connectivity index (χ0) is 23.5. The number of pyridine rings is 1. The van der Waals surface area contributed by atoms with E-state index in [1.54, 1.807) is 45.9 Å². The molecular weight excluding hydrogens is 432 g/mol. The standard InChI is InChI=1S/C27H24N2O5/c30-24(34-26(19-8-2-1-3-9-19)27(32)28-14-16-33-17-15-28)18-29-22-12-6-4-10-20(22)25(31)21-11-5-7-13-23(21)29/h1-13,26H,14-18H2. The minimum atomic E-state index is -1.05. The zero-order valence-electron chi connectivity index (χ0n) is 18.6. The maximum atomic E-state index is 13.3. The predicted octanol–water partition coefficient (Wildman–Crippen LogP) is 3.30. The van der Waals surface area contributed by atoms with E-state index in [4.69, 9.17) is 9.47 Å². The van der Waals surface area contributed by atoms with E-state index < -0.39 is 12.1 Å². The molecule has 1 atom stereocenters. The number of aromatic nitrogens is 1. The molecule has 1 aliphatic rings. The second-order valence-corrected chi connectivity index (χ2v) is 8.17. The van der Waals surface area contributed by atoms with Crippen molar-refractivity contribution in [3.8, 4) is 0 Å². The number of rotatable bonds is 5. The van der Waals surface area contributed by atoms with E-state index in [2.05, 4.69) is 0 Å². The first kappa shape index (κ1) is 21.9. The average molecular weight is 456 g/mol. The highest BCUT2D eigenvalue weighted by atomic mass is 16.5. The zero-order valence-corrected chi connectivity index (χ0v) is 18.6. The fraction of sp³-hybridized carbons (Fsp3) is 0.222. The highest BCUT2D eigenvalue weighted by Crippen LogP contribution is 2.23. The van der Waals surface area contributed by atoms with Crippen molar-refractivity contribution in [3.05, 3.63) is 94.6 Å². The van der Waals surface area contributed by atoms with E-state index in [-0.39, 0.29) is 17.9 Å². The van der Waals surface area contributed by atoms with Crippen LogP contribution in [0.25, 0.3) is 21.8 Å². The van der Waals surface area contributed by atoms with E-state index in [1.807, 2.05) is 42.5 Å². The van der Waals surface area contributed by atoms with Crippen LogP contribution in [-0.4, -0.2) is 47.6 Å². The molecule has 1 unspecified atom stereocenters. The maximum absolute atomic E-state index is 13.3. The van der Waals surface area contributed by atoms with Crippen molar-refractivity contribution in [1.82, 2.24) is 9.47 Å². The van der Waals surface area contributed by atoms with Crippen LogP contribution in [0.1, 0.15) is 11.7 Å². The van der Waals surface area contributed by atoms with E-state index in [9.17, 15) is 14.4 Å². The monoisotopic (exact) mass is 456 g/mol. The van der Waals surface area contributed by atoms with Gasteiger partial charge in [-0.05, 0) is 24.3 Å². The molecule has 4 aromatic rings. The molecule has 7 nitrogen and oxygen atoms in total. The van der Waals surface area contributed by atoms with E-state index in [0.717, 1.165) is 0 Å². The lowest BCUT2D eigenvalue weighted by Crippen LogP contribution is -2.44. The number of nitrogens with zero attached hydrogens (tertiary/aromatic N) is 2. The van der Waals surface area contributed by atoms with Gasteiger partial charge in [0.15, 0.2) is 5.43 Å². The van der Waals surface area contributed by atoms with Gasteiger partial charge in [-0.15, -0.1) is 0 Å². The van der Waals surface area contributed by atoms with E-state index in [1.165, 1.54) is 0 Å². The number of amides is 1. The number of hydrogen-bond acceptors (Lipinski definition) is 5. The van der Waals surface area contributed by atoms with Crippen molar-refractivity contribution in [3.63, 3.8) is 0 Å². The summed E-state index contributed by atoms with van der Waals surface area (Å²) >= 11 is 0. The van der Waals surface area contributed by atoms with Crippen molar-refractivity contribution >= 4 is 33.7 Å². The molecule has 1 aliphatic heterocycles. The Balaban J connectivity index is 1.50. The molecule has 2 heterocycles. The average Bonchev–Trinajstić information content (AvgIpc) is 2.90. The first-order valence-electron chi connectivity index (χ1n) is 11.2. The Morgan fingerprint density at radius 3 is 2.00 bits per heavy atom. The molecule has 1 fully saturated rings. The van der Waals surface area contributed by atoms with Crippen LogP contribution in [0.2, 0.25) is 0 Å². The molecule has 7 heteroatoms. The fourth-order valence-corrected chi connectivity index (χ4v) is 4.38. The molecule has 5 rings (SSSR count). The van der Waals surface area contributed by atoms with Gasteiger partial charge in [-0.1, -0.05) is 54.6 Å². The van der Waals surface area contributed by atoms with Crippen molar-refractivity contribution in [2.24, 2.45) is 0 Å². The Morgan fingerprint density at radius 1 is 0.824 bits per heavy atom. The molecule has 0 saturated carbocycles. The Hall–Kier alpha value is -3.97. The number of para-hydroxylation sites is 2. The minimum Gasteiger partial charge on any atom is -0.446 e. The predicted molar refractivity (Wildman–Crippen MR) is 128 cm³/mol. The Bertz CT molecular complexity index is 1350. The van der Waals surface area contributed by atoms with Crippen molar-refractivity contribution in [2.75, 3.05) is 26.3 Å².